The third-order valence-corrected chi connectivity index (χ3v) is 4.16. The van der Waals surface area contributed by atoms with Gasteiger partial charge in [-0.3, -0.25) is 9.59 Å². The quantitative estimate of drug-likeness (QED) is 0.660. The van der Waals surface area contributed by atoms with Crippen molar-refractivity contribution >= 4 is 28.5 Å². The Morgan fingerprint density at radius 3 is 2.81 bits per heavy atom. The third-order valence-electron chi connectivity index (χ3n) is 4.16. The first-order chi connectivity index (χ1) is 12.6. The molecule has 0 saturated heterocycles. The number of nitrogens with one attached hydrogen (secondary N) is 1. The van der Waals surface area contributed by atoms with Crippen LogP contribution in [0.4, 0.5) is 5.69 Å². The summed E-state index contributed by atoms with van der Waals surface area (Å²) in [7, 11) is 0. The Hall–Kier alpha value is -3.02. The zero-order valence-corrected chi connectivity index (χ0v) is 15.0. The molecule has 3 aromatic rings. The van der Waals surface area contributed by atoms with Gasteiger partial charge in [0.25, 0.3) is 0 Å². The summed E-state index contributed by atoms with van der Waals surface area (Å²) in [6.07, 6.45) is 3.58. The highest BCUT2D eigenvalue weighted by atomic mass is 16.1. The smallest absolute Gasteiger partial charge is 0.224 e. The summed E-state index contributed by atoms with van der Waals surface area (Å²) in [4.78, 5) is 32.8. The number of fused-ring (bicyclic) bond motifs is 1. The number of amides is 1. The van der Waals surface area contributed by atoms with E-state index in [0.717, 1.165) is 30.0 Å². The van der Waals surface area contributed by atoms with Gasteiger partial charge in [-0.05, 0) is 37.6 Å². The van der Waals surface area contributed by atoms with E-state index < -0.39 is 0 Å². The molecule has 6 heteroatoms. The van der Waals surface area contributed by atoms with Crippen molar-refractivity contribution in [2.75, 3.05) is 5.32 Å². The molecule has 0 aliphatic rings. The van der Waals surface area contributed by atoms with E-state index in [1.807, 2.05) is 12.1 Å². The number of ketones is 1. The number of anilines is 1. The van der Waals surface area contributed by atoms with Crippen LogP contribution in [0.15, 0.2) is 42.6 Å². The average molecular weight is 350 g/mol. The van der Waals surface area contributed by atoms with Crippen LogP contribution in [-0.2, 0) is 17.8 Å². The van der Waals surface area contributed by atoms with Gasteiger partial charge in [0, 0.05) is 36.8 Å². The summed E-state index contributed by atoms with van der Waals surface area (Å²) in [6, 6.07) is 10.8. The molecule has 6 nitrogen and oxygen atoms in total. The van der Waals surface area contributed by atoms with Crippen molar-refractivity contribution < 1.29 is 9.59 Å². The highest BCUT2D eigenvalue weighted by Gasteiger charge is 2.13. The summed E-state index contributed by atoms with van der Waals surface area (Å²) in [6.45, 7) is 4.44. The highest BCUT2D eigenvalue weighted by molar-refractivity contribution is 5.97. The fraction of sp³-hybridized carbons (Fsp3) is 0.300. The second-order valence-electron chi connectivity index (χ2n) is 6.21. The normalized spacial score (nSPS) is 10.8. The van der Waals surface area contributed by atoms with Crippen molar-refractivity contribution in [1.29, 1.82) is 0 Å². The molecule has 1 aromatic carbocycles. The number of carbonyl (C=O) groups excluding carboxylic acids is 2. The van der Waals surface area contributed by atoms with E-state index in [9.17, 15) is 9.59 Å². The van der Waals surface area contributed by atoms with Crippen LogP contribution in [0, 0.1) is 0 Å². The van der Waals surface area contributed by atoms with Crippen molar-refractivity contribution in [3.63, 3.8) is 0 Å². The second kappa shape index (κ2) is 7.91. The third kappa shape index (κ3) is 3.96. The van der Waals surface area contributed by atoms with Crippen molar-refractivity contribution in [3.8, 4) is 0 Å². The number of imidazole rings is 1. The van der Waals surface area contributed by atoms with E-state index in [1.54, 1.807) is 30.5 Å². The molecule has 2 heterocycles. The first-order valence-corrected chi connectivity index (χ1v) is 8.79. The molecular formula is C20H22N4O2. The van der Waals surface area contributed by atoms with Crippen molar-refractivity contribution in [2.24, 2.45) is 0 Å². The Morgan fingerprint density at radius 2 is 2.04 bits per heavy atom. The maximum absolute atomic E-state index is 12.3. The zero-order chi connectivity index (χ0) is 18.5. The van der Waals surface area contributed by atoms with Gasteiger partial charge in [-0.15, -0.1) is 0 Å². The van der Waals surface area contributed by atoms with Gasteiger partial charge in [0.1, 0.15) is 11.3 Å². The molecular weight excluding hydrogens is 328 g/mol. The van der Waals surface area contributed by atoms with Gasteiger partial charge in [-0.25, -0.2) is 9.97 Å². The summed E-state index contributed by atoms with van der Waals surface area (Å²) >= 11 is 0. The SMILES string of the molecule is CCCn1c(CCC(=O)Nc2cccc(C(C)=O)c2)nc2cccnc21. The number of aromatic nitrogens is 3. The Balaban J connectivity index is 1.70. The van der Waals surface area contributed by atoms with Gasteiger partial charge >= 0.3 is 0 Å². The number of hydrogen-bond donors (Lipinski definition) is 1. The minimum Gasteiger partial charge on any atom is -0.326 e. The standard InChI is InChI=1S/C20H22N4O2/c1-3-12-24-18(23-17-8-5-11-21-20(17)24)9-10-19(26)22-16-7-4-6-15(13-16)14(2)25/h4-8,11,13H,3,9-10,12H2,1-2H3,(H,22,26). The fourth-order valence-corrected chi connectivity index (χ4v) is 2.92. The molecule has 0 bridgehead atoms. The summed E-state index contributed by atoms with van der Waals surface area (Å²) in [5.74, 6) is 0.740. The molecule has 0 radical (unpaired) electrons. The topological polar surface area (TPSA) is 76.9 Å². The van der Waals surface area contributed by atoms with E-state index in [1.165, 1.54) is 6.92 Å². The molecule has 1 amide bonds. The van der Waals surface area contributed by atoms with Crippen molar-refractivity contribution in [2.45, 2.75) is 39.7 Å². The molecule has 0 aliphatic carbocycles. The van der Waals surface area contributed by atoms with E-state index >= 15 is 0 Å². The molecule has 2 aromatic heterocycles. The lowest BCUT2D eigenvalue weighted by atomic mass is 10.1. The van der Waals surface area contributed by atoms with Crippen LogP contribution < -0.4 is 5.32 Å². The van der Waals surface area contributed by atoms with Crippen molar-refractivity contribution in [1.82, 2.24) is 14.5 Å². The van der Waals surface area contributed by atoms with E-state index in [-0.39, 0.29) is 11.7 Å². The zero-order valence-electron chi connectivity index (χ0n) is 15.0. The largest absolute Gasteiger partial charge is 0.326 e. The molecule has 26 heavy (non-hydrogen) atoms. The number of Topliss-reactive ketones (excluding diaryl/α,β-unsaturated/α-hetero) is 1. The molecule has 3 rings (SSSR count). The minimum absolute atomic E-state index is 0.0260. The highest BCUT2D eigenvalue weighted by Crippen LogP contribution is 2.16. The molecule has 0 spiro atoms. The van der Waals surface area contributed by atoms with Crippen LogP contribution in [0.1, 0.15) is 42.9 Å². The van der Waals surface area contributed by atoms with Gasteiger partial charge in [0.15, 0.2) is 11.4 Å². The van der Waals surface area contributed by atoms with Gasteiger partial charge < -0.3 is 9.88 Å². The molecule has 0 aliphatic heterocycles. The second-order valence-corrected chi connectivity index (χ2v) is 6.21. The molecule has 134 valence electrons. The Morgan fingerprint density at radius 1 is 1.19 bits per heavy atom. The van der Waals surface area contributed by atoms with Gasteiger partial charge in [0.2, 0.25) is 5.91 Å². The molecule has 0 unspecified atom stereocenters. The lowest BCUT2D eigenvalue weighted by Gasteiger charge is -2.08. The number of hydrogen-bond acceptors (Lipinski definition) is 4. The van der Waals surface area contributed by atoms with Gasteiger partial charge in [-0.1, -0.05) is 19.1 Å². The lowest BCUT2D eigenvalue weighted by molar-refractivity contribution is -0.116. The summed E-state index contributed by atoms with van der Waals surface area (Å²) in [5.41, 5.74) is 2.93. The summed E-state index contributed by atoms with van der Waals surface area (Å²) in [5, 5.41) is 2.85. The van der Waals surface area contributed by atoms with Crippen LogP contribution in [0.3, 0.4) is 0 Å². The van der Waals surface area contributed by atoms with Crippen LogP contribution in [0.5, 0.6) is 0 Å². The van der Waals surface area contributed by atoms with E-state index in [4.69, 9.17) is 0 Å². The average Bonchev–Trinajstić information content (AvgIpc) is 2.98. The Labute approximate surface area is 152 Å². The predicted molar refractivity (Wildman–Crippen MR) is 101 cm³/mol. The van der Waals surface area contributed by atoms with Gasteiger partial charge in [-0.2, -0.15) is 0 Å². The van der Waals surface area contributed by atoms with Gasteiger partial charge in [0.05, 0.1) is 0 Å². The summed E-state index contributed by atoms with van der Waals surface area (Å²) < 4.78 is 2.08. The van der Waals surface area contributed by atoms with Crippen LogP contribution in [0.2, 0.25) is 0 Å². The maximum Gasteiger partial charge on any atom is 0.224 e. The Bertz CT molecular complexity index is 946. The number of carbonyl (C=O) groups is 2. The van der Waals surface area contributed by atoms with E-state index in [2.05, 4.69) is 26.8 Å². The Kier molecular flexibility index (Phi) is 5.41. The number of benzene rings is 1. The van der Waals surface area contributed by atoms with Crippen LogP contribution >= 0.6 is 0 Å². The lowest BCUT2D eigenvalue weighted by Crippen LogP contribution is -2.14. The molecule has 0 fully saturated rings. The molecule has 1 N–H and O–H groups in total. The molecule has 0 atom stereocenters. The first kappa shape index (κ1) is 17.8. The number of nitrogens with zero attached hydrogens (tertiary/aromatic N) is 3. The van der Waals surface area contributed by atoms with Crippen LogP contribution in [-0.4, -0.2) is 26.2 Å². The number of rotatable bonds is 7. The predicted octanol–water partition coefficient (Wildman–Crippen LogP) is 3.62. The number of aryl methyl sites for hydroxylation is 2. The monoisotopic (exact) mass is 350 g/mol. The maximum atomic E-state index is 12.3. The number of pyridine rings is 1. The van der Waals surface area contributed by atoms with Crippen LogP contribution in [0.25, 0.3) is 11.2 Å². The van der Waals surface area contributed by atoms with Crippen molar-refractivity contribution in [3.05, 3.63) is 54.0 Å². The molecule has 0 saturated carbocycles. The van der Waals surface area contributed by atoms with E-state index in [0.29, 0.717) is 24.1 Å². The minimum atomic E-state index is -0.103. The fourth-order valence-electron chi connectivity index (χ4n) is 2.92. The first-order valence-electron chi connectivity index (χ1n) is 8.79.